The normalized spacial score (nSPS) is 10.9. The number of nitrogens with one attached hydrogen (secondary N) is 1. The lowest BCUT2D eigenvalue weighted by atomic mass is 10.0. The molecule has 0 fully saturated rings. The standard InChI is InChI=1S/C14H18BrN3/c1-9-5-6-11(7-10(9)2)14-13(15)12(8-16-3)18(4)17-14/h5-7,16H,8H2,1-4H3. The van der Waals surface area contributed by atoms with Crippen molar-refractivity contribution in [1.82, 2.24) is 15.1 Å². The lowest BCUT2D eigenvalue weighted by Crippen LogP contribution is -2.10. The van der Waals surface area contributed by atoms with Gasteiger partial charge in [0.05, 0.1) is 10.2 Å². The molecule has 1 N–H and O–H groups in total. The first-order valence-electron chi connectivity index (χ1n) is 5.98. The highest BCUT2D eigenvalue weighted by atomic mass is 79.9. The third kappa shape index (κ3) is 2.35. The van der Waals surface area contributed by atoms with Crippen molar-refractivity contribution in [1.29, 1.82) is 0 Å². The molecular weight excluding hydrogens is 290 g/mol. The van der Waals surface area contributed by atoms with Gasteiger partial charge in [0.25, 0.3) is 0 Å². The summed E-state index contributed by atoms with van der Waals surface area (Å²) in [5.41, 5.74) is 5.92. The molecule has 18 heavy (non-hydrogen) atoms. The lowest BCUT2D eigenvalue weighted by molar-refractivity contribution is 0.671. The summed E-state index contributed by atoms with van der Waals surface area (Å²) in [5, 5.41) is 7.76. The maximum atomic E-state index is 4.60. The molecule has 4 heteroatoms. The van der Waals surface area contributed by atoms with Crippen molar-refractivity contribution >= 4 is 15.9 Å². The van der Waals surface area contributed by atoms with Crippen LogP contribution in [0.1, 0.15) is 16.8 Å². The average Bonchev–Trinajstić information content (AvgIpc) is 2.61. The first-order valence-corrected chi connectivity index (χ1v) is 6.77. The van der Waals surface area contributed by atoms with Crippen molar-refractivity contribution in [2.24, 2.45) is 7.05 Å². The van der Waals surface area contributed by atoms with E-state index in [-0.39, 0.29) is 0 Å². The summed E-state index contributed by atoms with van der Waals surface area (Å²) >= 11 is 3.66. The number of nitrogens with zero attached hydrogens (tertiary/aromatic N) is 2. The number of benzene rings is 1. The molecule has 0 atom stereocenters. The zero-order chi connectivity index (χ0) is 13.3. The summed E-state index contributed by atoms with van der Waals surface area (Å²) in [5.74, 6) is 0. The quantitative estimate of drug-likeness (QED) is 0.944. The molecule has 0 saturated carbocycles. The summed E-state index contributed by atoms with van der Waals surface area (Å²) < 4.78 is 2.99. The van der Waals surface area contributed by atoms with Gasteiger partial charge in [-0.3, -0.25) is 4.68 Å². The molecule has 1 heterocycles. The maximum absolute atomic E-state index is 4.60. The fourth-order valence-corrected chi connectivity index (χ4v) is 2.67. The van der Waals surface area contributed by atoms with Gasteiger partial charge in [-0.25, -0.2) is 0 Å². The predicted molar refractivity (Wildman–Crippen MR) is 78.6 cm³/mol. The second-order valence-corrected chi connectivity index (χ2v) is 5.36. The van der Waals surface area contributed by atoms with Gasteiger partial charge in [0, 0.05) is 19.2 Å². The second-order valence-electron chi connectivity index (χ2n) is 4.56. The smallest absolute Gasteiger partial charge is 0.107 e. The largest absolute Gasteiger partial charge is 0.314 e. The molecule has 1 aromatic carbocycles. The maximum Gasteiger partial charge on any atom is 0.107 e. The van der Waals surface area contributed by atoms with E-state index < -0.39 is 0 Å². The molecular formula is C14H18BrN3. The van der Waals surface area contributed by atoms with Crippen LogP contribution in [0.5, 0.6) is 0 Å². The molecule has 0 saturated heterocycles. The van der Waals surface area contributed by atoms with E-state index in [9.17, 15) is 0 Å². The van der Waals surface area contributed by atoms with E-state index in [2.05, 4.69) is 58.4 Å². The Hall–Kier alpha value is -1.13. The molecule has 0 radical (unpaired) electrons. The highest BCUT2D eigenvalue weighted by Gasteiger charge is 2.14. The average molecular weight is 308 g/mol. The van der Waals surface area contributed by atoms with Crippen LogP contribution in [0.4, 0.5) is 0 Å². The highest BCUT2D eigenvalue weighted by molar-refractivity contribution is 9.10. The molecule has 0 amide bonds. The Labute approximate surface area is 116 Å². The van der Waals surface area contributed by atoms with Gasteiger partial charge in [-0.1, -0.05) is 12.1 Å². The van der Waals surface area contributed by atoms with E-state index in [1.165, 1.54) is 11.1 Å². The van der Waals surface area contributed by atoms with Crippen LogP contribution in [0, 0.1) is 13.8 Å². The van der Waals surface area contributed by atoms with Crippen molar-refractivity contribution in [3.8, 4) is 11.3 Å². The van der Waals surface area contributed by atoms with E-state index >= 15 is 0 Å². The van der Waals surface area contributed by atoms with Crippen LogP contribution in [-0.4, -0.2) is 16.8 Å². The fraction of sp³-hybridized carbons (Fsp3) is 0.357. The van der Waals surface area contributed by atoms with Crippen molar-refractivity contribution in [3.05, 3.63) is 39.5 Å². The molecule has 0 aliphatic carbocycles. The number of aryl methyl sites for hydroxylation is 3. The third-order valence-electron chi connectivity index (χ3n) is 3.23. The third-order valence-corrected chi connectivity index (χ3v) is 4.06. The van der Waals surface area contributed by atoms with Crippen LogP contribution in [0.15, 0.2) is 22.7 Å². The number of hydrogen-bond acceptors (Lipinski definition) is 2. The SMILES string of the molecule is CNCc1c(Br)c(-c2ccc(C)c(C)c2)nn1C. The first kappa shape index (κ1) is 13.3. The molecule has 3 nitrogen and oxygen atoms in total. The second kappa shape index (κ2) is 5.24. The first-order chi connectivity index (χ1) is 8.54. The summed E-state index contributed by atoms with van der Waals surface area (Å²) in [6.07, 6.45) is 0. The molecule has 1 aromatic heterocycles. The predicted octanol–water partition coefficient (Wildman–Crippen LogP) is 3.19. The Kier molecular flexibility index (Phi) is 3.88. The van der Waals surface area contributed by atoms with Gasteiger partial charge in [-0.2, -0.15) is 5.10 Å². The Bertz CT molecular complexity index is 573. The van der Waals surface area contributed by atoms with Gasteiger partial charge in [-0.05, 0) is 54.0 Å². The molecule has 0 aliphatic rings. The van der Waals surface area contributed by atoms with E-state index in [1.807, 2.05) is 18.8 Å². The minimum Gasteiger partial charge on any atom is -0.314 e. The fourth-order valence-electron chi connectivity index (χ4n) is 1.97. The minimum absolute atomic E-state index is 0.801. The van der Waals surface area contributed by atoms with Gasteiger partial charge in [0.2, 0.25) is 0 Å². The molecule has 2 aromatic rings. The van der Waals surface area contributed by atoms with E-state index in [1.54, 1.807) is 0 Å². The van der Waals surface area contributed by atoms with Crippen molar-refractivity contribution in [2.75, 3.05) is 7.05 Å². The Morgan fingerprint density at radius 2 is 2.00 bits per heavy atom. The molecule has 0 aliphatic heterocycles. The summed E-state index contributed by atoms with van der Waals surface area (Å²) in [7, 11) is 3.91. The van der Waals surface area contributed by atoms with E-state index in [0.717, 1.165) is 28.0 Å². The van der Waals surface area contributed by atoms with Gasteiger partial charge in [-0.15, -0.1) is 0 Å². The Morgan fingerprint density at radius 1 is 1.28 bits per heavy atom. The van der Waals surface area contributed by atoms with Crippen molar-refractivity contribution in [2.45, 2.75) is 20.4 Å². The van der Waals surface area contributed by atoms with Crippen molar-refractivity contribution in [3.63, 3.8) is 0 Å². The van der Waals surface area contributed by atoms with Gasteiger partial charge in [0.15, 0.2) is 0 Å². The molecule has 0 bridgehead atoms. The van der Waals surface area contributed by atoms with Crippen LogP contribution in [0.3, 0.4) is 0 Å². The number of aromatic nitrogens is 2. The number of hydrogen-bond donors (Lipinski definition) is 1. The minimum atomic E-state index is 0.801. The van der Waals surface area contributed by atoms with Gasteiger partial charge >= 0.3 is 0 Å². The van der Waals surface area contributed by atoms with Crippen LogP contribution in [0.2, 0.25) is 0 Å². The molecule has 2 rings (SSSR count). The molecule has 96 valence electrons. The highest BCUT2D eigenvalue weighted by Crippen LogP contribution is 2.31. The summed E-state index contributed by atoms with van der Waals surface area (Å²) in [6, 6.07) is 6.45. The number of halogens is 1. The Balaban J connectivity index is 2.50. The Morgan fingerprint density at radius 3 is 2.61 bits per heavy atom. The van der Waals surface area contributed by atoms with Crippen LogP contribution < -0.4 is 5.32 Å². The van der Waals surface area contributed by atoms with Gasteiger partial charge < -0.3 is 5.32 Å². The topological polar surface area (TPSA) is 29.9 Å². The summed E-state index contributed by atoms with van der Waals surface area (Å²) in [4.78, 5) is 0. The zero-order valence-corrected chi connectivity index (χ0v) is 12.8. The van der Waals surface area contributed by atoms with Crippen LogP contribution >= 0.6 is 15.9 Å². The monoisotopic (exact) mass is 307 g/mol. The van der Waals surface area contributed by atoms with E-state index in [4.69, 9.17) is 0 Å². The van der Waals surface area contributed by atoms with Crippen LogP contribution in [-0.2, 0) is 13.6 Å². The summed E-state index contributed by atoms with van der Waals surface area (Å²) in [6.45, 7) is 5.05. The van der Waals surface area contributed by atoms with Crippen LogP contribution in [0.25, 0.3) is 11.3 Å². The van der Waals surface area contributed by atoms with E-state index in [0.29, 0.717) is 0 Å². The lowest BCUT2D eigenvalue weighted by Gasteiger charge is -2.03. The molecule has 0 spiro atoms. The number of rotatable bonds is 3. The molecule has 0 unspecified atom stereocenters. The van der Waals surface area contributed by atoms with Crippen molar-refractivity contribution < 1.29 is 0 Å². The zero-order valence-electron chi connectivity index (χ0n) is 11.2. The van der Waals surface area contributed by atoms with Gasteiger partial charge in [0.1, 0.15) is 5.69 Å².